The molecule has 0 radical (unpaired) electrons. The number of rotatable bonds is 1. The van der Waals surface area contributed by atoms with Gasteiger partial charge >= 0.3 is 5.97 Å². The molecule has 15 heavy (non-hydrogen) atoms. The molecule has 1 aromatic rings. The minimum atomic E-state index is -0.862. The summed E-state index contributed by atoms with van der Waals surface area (Å²) < 4.78 is 5.54. The lowest BCUT2D eigenvalue weighted by Crippen LogP contribution is -2.20. The molecule has 0 bridgehead atoms. The van der Waals surface area contributed by atoms with E-state index in [0.29, 0.717) is 5.56 Å². The van der Waals surface area contributed by atoms with Gasteiger partial charge in [0.1, 0.15) is 5.75 Å². The predicted octanol–water partition coefficient (Wildman–Crippen LogP) is 2.20. The molecule has 0 saturated heterocycles. The third kappa shape index (κ3) is 1.23. The smallest absolute Gasteiger partial charge is 0.335 e. The van der Waals surface area contributed by atoms with E-state index in [1.807, 2.05) is 0 Å². The Labute approximate surface area is 87.7 Å². The van der Waals surface area contributed by atoms with Gasteiger partial charge in [0, 0.05) is 11.0 Å². The fourth-order valence-electron chi connectivity index (χ4n) is 2.36. The maximum Gasteiger partial charge on any atom is 0.335 e. The van der Waals surface area contributed by atoms with E-state index in [0.717, 1.165) is 24.3 Å². The molecule has 1 fully saturated rings. The first-order valence-corrected chi connectivity index (χ1v) is 5.22. The molecule has 1 N–H and O–H groups in total. The van der Waals surface area contributed by atoms with Gasteiger partial charge in [-0.1, -0.05) is 0 Å². The number of hydrogen-bond acceptors (Lipinski definition) is 2. The maximum atomic E-state index is 10.9. The highest BCUT2D eigenvalue weighted by Gasteiger charge is 2.47. The van der Waals surface area contributed by atoms with Gasteiger partial charge in [0.05, 0.1) is 12.2 Å². The molecule has 3 rings (SSSR count). The van der Waals surface area contributed by atoms with Crippen LogP contribution < -0.4 is 4.74 Å². The highest BCUT2D eigenvalue weighted by atomic mass is 16.5. The van der Waals surface area contributed by atoms with Crippen LogP contribution in [0.4, 0.5) is 0 Å². The van der Waals surface area contributed by atoms with Gasteiger partial charge in [-0.3, -0.25) is 0 Å². The Hall–Kier alpha value is -1.51. The lowest BCUT2D eigenvalue weighted by atomic mass is 9.89. The van der Waals surface area contributed by atoms with Crippen molar-refractivity contribution in [3.05, 3.63) is 29.3 Å². The van der Waals surface area contributed by atoms with Crippen LogP contribution in [0.2, 0.25) is 0 Å². The van der Waals surface area contributed by atoms with Crippen molar-refractivity contribution in [3.8, 4) is 5.75 Å². The molecule has 1 heterocycles. The van der Waals surface area contributed by atoms with E-state index < -0.39 is 5.97 Å². The molecule has 78 valence electrons. The topological polar surface area (TPSA) is 46.5 Å². The molecule has 1 aliphatic carbocycles. The Morgan fingerprint density at radius 1 is 1.33 bits per heavy atom. The molecular weight excluding hydrogens is 192 g/mol. The van der Waals surface area contributed by atoms with Gasteiger partial charge in [0.2, 0.25) is 0 Å². The van der Waals surface area contributed by atoms with Gasteiger partial charge < -0.3 is 9.84 Å². The number of ether oxygens (including phenoxy) is 1. The van der Waals surface area contributed by atoms with Gasteiger partial charge in [0.15, 0.2) is 0 Å². The number of carboxylic acids is 1. The van der Waals surface area contributed by atoms with Gasteiger partial charge in [-0.15, -0.1) is 0 Å². The Bertz CT molecular complexity index is 432. The second kappa shape index (κ2) is 2.75. The third-order valence-corrected chi connectivity index (χ3v) is 3.49. The van der Waals surface area contributed by atoms with Crippen molar-refractivity contribution in [2.75, 3.05) is 6.61 Å². The molecular formula is C12H12O3. The van der Waals surface area contributed by atoms with E-state index in [4.69, 9.17) is 9.84 Å². The summed E-state index contributed by atoms with van der Waals surface area (Å²) in [6.45, 7) is 0.763. The predicted molar refractivity (Wildman–Crippen MR) is 54.4 cm³/mol. The molecule has 0 atom stereocenters. The Balaban J connectivity index is 2.12. The molecule has 1 saturated carbocycles. The van der Waals surface area contributed by atoms with E-state index in [9.17, 15) is 4.79 Å². The second-order valence-corrected chi connectivity index (χ2v) is 4.39. The standard InChI is InChI=1S/C12H12O3/c13-11(14)8-1-2-10-9(7-8)12(3-4-12)5-6-15-10/h1-2,7H,3-6H2,(H,13,14). The first-order valence-electron chi connectivity index (χ1n) is 5.22. The van der Waals surface area contributed by atoms with Crippen LogP contribution in [0.1, 0.15) is 35.2 Å². The Morgan fingerprint density at radius 2 is 2.13 bits per heavy atom. The molecule has 2 aliphatic rings. The van der Waals surface area contributed by atoms with Crippen LogP contribution in [0.15, 0.2) is 18.2 Å². The SMILES string of the molecule is O=C(O)c1ccc2c(c1)C1(CCO2)CC1. The van der Waals surface area contributed by atoms with Crippen LogP contribution in [0.25, 0.3) is 0 Å². The molecule has 0 amide bonds. The summed E-state index contributed by atoms with van der Waals surface area (Å²) in [5.74, 6) is 0.0166. The highest BCUT2D eigenvalue weighted by Crippen LogP contribution is 2.55. The normalized spacial score (nSPS) is 20.5. The lowest BCUT2D eigenvalue weighted by molar-refractivity contribution is 0.0696. The summed E-state index contributed by atoms with van der Waals surface area (Å²) in [5.41, 5.74) is 1.72. The Kier molecular flexibility index (Phi) is 1.61. The fourth-order valence-corrected chi connectivity index (χ4v) is 2.36. The third-order valence-electron chi connectivity index (χ3n) is 3.49. The molecule has 3 heteroatoms. The van der Waals surface area contributed by atoms with Crippen LogP contribution in [0.5, 0.6) is 5.75 Å². The second-order valence-electron chi connectivity index (χ2n) is 4.39. The minimum Gasteiger partial charge on any atom is -0.493 e. The number of carboxylic acid groups (broad SMARTS) is 1. The summed E-state index contributed by atoms with van der Waals surface area (Å²) in [7, 11) is 0. The lowest BCUT2D eigenvalue weighted by Gasteiger charge is -2.25. The Morgan fingerprint density at radius 3 is 2.80 bits per heavy atom. The van der Waals surface area contributed by atoms with E-state index in [1.165, 1.54) is 12.8 Å². The number of fused-ring (bicyclic) bond motifs is 2. The summed E-state index contributed by atoms with van der Waals surface area (Å²) in [5, 5.41) is 8.94. The quantitative estimate of drug-likeness (QED) is 0.762. The number of benzene rings is 1. The number of hydrogen-bond donors (Lipinski definition) is 1. The van der Waals surface area contributed by atoms with Gasteiger partial charge in [-0.2, -0.15) is 0 Å². The van der Waals surface area contributed by atoms with Gasteiger partial charge in [0.25, 0.3) is 0 Å². The molecule has 0 aromatic heterocycles. The summed E-state index contributed by atoms with van der Waals surface area (Å²) >= 11 is 0. The first kappa shape index (κ1) is 8.77. The van der Waals surface area contributed by atoms with Crippen LogP contribution in [-0.4, -0.2) is 17.7 Å². The summed E-state index contributed by atoms with van der Waals surface area (Å²) in [6.07, 6.45) is 3.38. The first-order chi connectivity index (χ1) is 7.21. The van der Waals surface area contributed by atoms with Gasteiger partial charge in [-0.05, 0) is 37.5 Å². The summed E-state index contributed by atoms with van der Waals surface area (Å²) in [4.78, 5) is 10.9. The molecule has 1 aliphatic heterocycles. The van der Waals surface area contributed by atoms with Crippen molar-refractivity contribution in [1.29, 1.82) is 0 Å². The average molecular weight is 204 g/mol. The maximum absolute atomic E-state index is 10.9. The fraction of sp³-hybridized carbons (Fsp3) is 0.417. The van der Waals surface area contributed by atoms with Crippen LogP contribution in [0.3, 0.4) is 0 Å². The van der Waals surface area contributed by atoms with Crippen LogP contribution >= 0.6 is 0 Å². The number of aromatic carboxylic acids is 1. The van der Waals surface area contributed by atoms with Crippen molar-refractivity contribution in [1.82, 2.24) is 0 Å². The van der Waals surface area contributed by atoms with Crippen molar-refractivity contribution in [2.45, 2.75) is 24.7 Å². The van der Waals surface area contributed by atoms with Gasteiger partial charge in [-0.25, -0.2) is 4.79 Å². The van der Waals surface area contributed by atoms with Crippen LogP contribution in [-0.2, 0) is 5.41 Å². The molecule has 0 unspecified atom stereocenters. The largest absolute Gasteiger partial charge is 0.493 e. The molecule has 1 spiro atoms. The zero-order valence-corrected chi connectivity index (χ0v) is 8.32. The summed E-state index contributed by atoms with van der Waals surface area (Å²) in [6, 6.07) is 5.18. The average Bonchev–Trinajstić information content (AvgIpc) is 2.99. The molecule has 3 nitrogen and oxygen atoms in total. The van der Waals surface area contributed by atoms with Crippen LogP contribution in [0, 0.1) is 0 Å². The monoisotopic (exact) mass is 204 g/mol. The molecule has 1 aromatic carbocycles. The van der Waals surface area contributed by atoms with Crippen molar-refractivity contribution >= 4 is 5.97 Å². The zero-order chi connectivity index (χ0) is 10.5. The van der Waals surface area contributed by atoms with Crippen molar-refractivity contribution in [3.63, 3.8) is 0 Å². The van der Waals surface area contributed by atoms with E-state index in [1.54, 1.807) is 18.2 Å². The zero-order valence-electron chi connectivity index (χ0n) is 8.32. The highest BCUT2D eigenvalue weighted by molar-refractivity contribution is 5.88. The van der Waals surface area contributed by atoms with E-state index in [2.05, 4.69) is 0 Å². The minimum absolute atomic E-state index is 0.249. The van der Waals surface area contributed by atoms with Crippen molar-refractivity contribution < 1.29 is 14.6 Å². The number of carbonyl (C=O) groups is 1. The van der Waals surface area contributed by atoms with E-state index in [-0.39, 0.29) is 5.41 Å². The van der Waals surface area contributed by atoms with Crippen molar-refractivity contribution in [2.24, 2.45) is 0 Å². The van der Waals surface area contributed by atoms with E-state index >= 15 is 0 Å².